The first-order valence-electron chi connectivity index (χ1n) is 10.7. The lowest BCUT2D eigenvalue weighted by atomic mass is 9.96. The molecule has 1 saturated heterocycles. The van der Waals surface area contributed by atoms with Crippen LogP contribution in [0, 0.1) is 5.92 Å². The summed E-state index contributed by atoms with van der Waals surface area (Å²) in [6.07, 6.45) is 2.74. The number of ether oxygens (including phenoxy) is 1. The van der Waals surface area contributed by atoms with Crippen molar-refractivity contribution in [3.05, 3.63) is 65.2 Å². The van der Waals surface area contributed by atoms with Gasteiger partial charge in [0.05, 0.1) is 12.7 Å². The Morgan fingerprint density at radius 3 is 2.52 bits per heavy atom. The molecule has 0 unspecified atom stereocenters. The van der Waals surface area contributed by atoms with E-state index in [9.17, 15) is 9.59 Å². The molecule has 1 fully saturated rings. The van der Waals surface area contributed by atoms with Crippen molar-refractivity contribution in [3.8, 4) is 5.75 Å². The zero-order chi connectivity index (χ0) is 22.1. The maximum Gasteiger partial charge on any atom is 0.255 e. The number of aryl methyl sites for hydroxylation is 1. The number of carbonyl (C=O) groups excluding carboxylic acids is 2. The molecule has 0 saturated carbocycles. The predicted octanol–water partition coefficient (Wildman–Crippen LogP) is 2.78. The SMILES string of the molecule is COc1cc(CCC(=O)NO)ccc1C(=O)NCC1CCN(Cc2ccccc2)CC1. The summed E-state index contributed by atoms with van der Waals surface area (Å²) in [4.78, 5) is 26.4. The third-order valence-corrected chi connectivity index (χ3v) is 5.78. The van der Waals surface area contributed by atoms with Crippen molar-refractivity contribution in [1.82, 2.24) is 15.7 Å². The number of carbonyl (C=O) groups is 2. The van der Waals surface area contributed by atoms with Crippen LogP contribution in [0.5, 0.6) is 5.75 Å². The predicted molar refractivity (Wildman–Crippen MR) is 118 cm³/mol. The van der Waals surface area contributed by atoms with Crippen molar-refractivity contribution in [2.24, 2.45) is 5.92 Å². The molecular formula is C24H31N3O4. The zero-order valence-corrected chi connectivity index (χ0v) is 18.0. The van der Waals surface area contributed by atoms with Crippen LogP contribution in [0.2, 0.25) is 0 Å². The number of nitrogens with one attached hydrogen (secondary N) is 2. The number of hydrogen-bond donors (Lipinski definition) is 3. The molecule has 1 aliphatic rings. The van der Waals surface area contributed by atoms with Crippen molar-refractivity contribution in [1.29, 1.82) is 0 Å². The van der Waals surface area contributed by atoms with Gasteiger partial charge in [0.2, 0.25) is 5.91 Å². The van der Waals surface area contributed by atoms with Crippen LogP contribution in [0.1, 0.15) is 40.7 Å². The van der Waals surface area contributed by atoms with E-state index in [4.69, 9.17) is 9.94 Å². The highest BCUT2D eigenvalue weighted by atomic mass is 16.5. The second-order valence-corrected chi connectivity index (χ2v) is 7.98. The van der Waals surface area contributed by atoms with Crippen LogP contribution in [0.3, 0.4) is 0 Å². The minimum atomic E-state index is -0.449. The van der Waals surface area contributed by atoms with Crippen molar-refractivity contribution >= 4 is 11.8 Å². The Balaban J connectivity index is 1.46. The fourth-order valence-electron chi connectivity index (χ4n) is 3.92. The van der Waals surface area contributed by atoms with E-state index in [1.54, 1.807) is 17.6 Å². The zero-order valence-electron chi connectivity index (χ0n) is 18.0. The summed E-state index contributed by atoms with van der Waals surface area (Å²) in [6, 6.07) is 15.8. The van der Waals surface area contributed by atoms with Gasteiger partial charge in [0.25, 0.3) is 5.91 Å². The molecule has 7 heteroatoms. The van der Waals surface area contributed by atoms with Gasteiger partial charge in [-0.05, 0) is 61.5 Å². The minimum Gasteiger partial charge on any atom is -0.496 e. The third-order valence-electron chi connectivity index (χ3n) is 5.78. The Morgan fingerprint density at radius 2 is 1.84 bits per heavy atom. The number of piperidine rings is 1. The largest absolute Gasteiger partial charge is 0.496 e. The maximum atomic E-state index is 12.7. The molecular weight excluding hydrogens is 394 g/mol. The fourth-order valence-corrected chi connectivity index (χ4v) is 3.92. The van der Waals surface area contributed by atoms with Gasteiger partial charge in [-0.15, -0.1) is 0 Å². The first-order valence-corrected chi connectivity index (χ1v) is 10.7. The number of rotatable bonds is 9. The van der Waals surface area contributed by atoms with Crippen molar-refractivity contribution < 1.29 is 19.5 Å². The van der Waals surface area contributed by atoms with Gasteiger partial charge in [0, 0.05) is 19.5 Å². The number of benzene rings is 2. The van der Waals surface area contributed by atoms with Gasteiger partial charge in [0.15, 0.2) is 0 Å². The highest BCUT2D eigenvalue weighted by molar-refractivity contribution is 5.97. The average Bonchev–Trinajstić information content (AvgIpc) is 2.82. The Labute approximate surface area is 183 Å². The second kappa shape index (κ2) is 11.5. The lowest BCUT2D eigenvalue weighted by Crippen LogP contribution is -2.38. The van der Waals surface area contributed by atoms with E-state index in [0.29, 0.717) is 30.2 Å². The van der Waals surface area contributed by atoms with Crippen LogP contribution in [-0.4, -0.2) is 48.7 Å². The molecule has 2 aromatic rings. The molecule has 2 aromatic carbocycles. The quantitative estimate of drug-likeness (QED) is 0.425. The molecule has 0 bridgehead atoms. The number of hydroxylamine groups is 1. The lowest BCUT2D eigenvalue weighted by Gasteiger charge is -2.32. The molecule has 3 N–H and O–H groups in total. The molecule has 166 valence electrons. The van der Waals surface area contributed by atoms with E-state index in [1.165, 1.54) is 12.7 Å². The number of methoxy groups -OCH3 is 1. The Hall–Kier alpha value is -2.90. The van der Waals surface area contributed by atoms with Crippen LogP contribution in [0.4, 0.5) is 0 Å². The molecule has 7 nitrogen and oxygen atoms in total. The first kappa shape index (κ1) is 22.8. The normalized spacial score (nSPS) is 14.8. The number of hydrogen-bond acceptors (Lipinski definition) is 5. The van der Waals surface area contributed by atoms with E-state index in [-0.39, 0.29) is 12.3 Å². The smallest absolute Gasteiger partial charge is 0.255 e. The molecule has 1 heterocycles. The van der Waals surface area contributed by atoms with E-state index in [2.05, 4.69) is 34.5 Å². The molecule has 0 atom stereocenters. The summed E-state index contributed by atoms with van der Waals surface area (Å²) >= 11 is 0. The molecule has 2 amide bonds. The summed E-state index contributed by atoms with van der Waals surface area (Å²) in [5, 5.41) is 11.7. The number of amides is 2. The van der Waals surface area contributed by atoms with Crippen molar-refractivity contribution in [2.75, 3.05) is 26.7 Å². The third kappa shape index (κ3) is 6.80. The number of nitrogens with zero attached hydrogens (tertiary/aromatic N) is 1. The van der Waals surface area contributed by atoms with E-state index >= 15 is 0 Å². The van der Waals surface area contributed by atoms with Crippen LogP contribution in [0.15, 0.2) is 48.5 Å². The van der Waals surface area contributed by atoms with Gasteiger partial charge >= 0.3 is 0 Å². The van der Waals surface area contributed by atoms with Gasteiger partial charge in [-0.2, -0.15) is 0 Å². The van der Waals surface area contributed by atoms with Gasteiger partial charge < -0.3 is 10.1 Å². The highest BCUT2D eigenvalue weighted by Crippen LogP contribution is 2.22. The maximum absolute atomic E-state index is 12.7. The molecule has 1 aliphatic heterocycles. The molecule has 31 heavy (non-hydrogen) atoms. The Bertz CT molecular complexity index is 864. The summed E-state index contributed by atoms with van der Waals surface area (Å²) in [5.41, 5.74) is 4.30. The monoisotopic (exact) mass is 425 g/mol. The topological polar surface area (TPSA) is 90.9 Å². The highest BCUT2D eigenvalue weighted by Gasteiger charge is 2.21. The minimum absolute atomic E-state index is 0.150. The van der Waals surface area contributed by atoms with Gasteiger partial charge in [0.1, 0.15) is 5.75 Å². The molecule has 0 aromatic heterocycles. The second-order valence-electron chi connectivity index (χ2n) is 7.98. The van der Waals surface area contributed by atoms with Gasteiger partial charge in [-0.25, -0.2) is 5.48 Å². The summed E-state index contributed by atoms with van der Waals surface area (Å²) in [6.45, 7) is 3.70. The molecule has 3 rings (SSSR count). The Morgan fingerprint density at radius 1 is 1.10 bits per heavy atom. The lowest BCUT2D eigenvalue weighted by molar-refractivity contribution is -0.129. The van der Waals surface area contributed by atoms with Crippen molar-refractivity contribution in [2.45, 2.75) is 32.2 Å². The van der Waals surface area contributed by atoms with E-state index < -0.39 is 5.91 Å². The first-order chi connectivity index (χ1) is 15.1. The summed E-state index contributed by atoms with van der Waals surface area (Å²) < 4.78 is 5.39. The average molecular weight is 426 g/mol. The molecule has 0 radical (unpaired) electrons. The van der Waals surface area contributed by atoms with Crippen LogP contribution < -0.4 is 15.5 Å². The van der Waals surface area contributed by atoms with Gasteiger partial charge in [-0.1, -0.05) is 36.4 Å². The summed E-state index contributed by atoms with van der Waals surface area (Å²) in [7, 11) is 1.53. The molecule has 0 spiro atoms. The van der Waals surface area contributed by atoms with E-state index in [1.807, 2.05) is 12.1 Å². The van der Waals surface area contributed by atoms with Crippen LogP contribution in [0.25, 0.3) is 0 Å². The Kier molecular flexibility index (Phi) is 8.44. The molecule has 0 aliphatic carbocycles. The van der Waals surface area contributed by atoms with Crippen LogP contribution in [-0.2, 0) is 17.8 Å². The number of likely N-dealkylation sites (tertiary alicyclic amines) is 1. The van der Waals surface area contributed by atoms with Gasteiger partial charge in [-0.3, -0.25) is 19.7 Å². The summed E-state index contributed by atoms with van der Waals surface area (Å²) in [5.74, 6) is 0.356. The van der Waals surface area contributed by atoms with Crippen molar-refractivity contribution in [3.63, 3.8) is 0 Å². The fraction of sp³-hybridized carbons (Fsp3) is 0.417. The van der Waals surface area contributed by atoms with E-state index in [0.717, 1.165) is 38.0 Å². The van der Waals surface area contributed by atoms with Crippen LogP contribution >= 0.6 is 0 Å². The standard InChI is InChI=1S/C24H31N3O4/c1-31-22-15-18(8-10-23(28)26-30)7-9-21(22)24(29)25-16-19-11-13-27(14-12-19)17-20-5-3-2-4-6-20/h2-7,9,15,19,30H,8,10-14,16-17H2,1H3,(H,25,29)(H,26,28).